The lowest BCUT2D eigenvalue weighted by Gasteiger charge is -2.19. The molecule has 0 radical (unpaired) electrons. The van der Waals surface area contributed by atoms with Gasteiger partial charge < -0.3 is 20.4 Å². The van der Waals surface area contributed by atoms with Gasteiger partial charge in [-0.05, 0) is 25.7 Å². The summed E-state index contributed by atoms with van der Waals surface area (Å²) in [7, 11) is 0. The number of fused-ring (bicyclic) bond motifs is 2. The van der Waals surface area contributed by atoms with E-state index in [4.69, 9.17) is 5.73 Å². The number of nitrogens with two attached hydrogens (primary N) is 1. The second kappa shape index (κ2) is 5.71. The predicted octanol–water partition coefficient (Wildman–Crippen LogP) is 0.782. The Morgan fingerprint density at radius 1 is 1.15 bits per heavy atom. The summed E-state index contributed by atoms with van der Waals surface area (Å²) in [5.74, 6) is 2.04. The first-order valence-electron chi connectivity index (χ1n) is 8.96. The van der Waals surface area contributed by atoms with Crippen molar-refractivity contribution < 1.29 is 4.79 Å². The molecule has 3 aromatic rings. The highest BCUT2D eigenvalue weighted by Crippen LogP contribution is 2.44. The minimum absolute atomic E-state index is 0.251. The van der Waals surface area contributed by atoms with Gasteiger partial charge in [0.15, 0.2) is 5.65 Å². The predicted molar refractivity (Wildman–Crippen MR) is 99.6 cm³/mol. The second-order valence-electron chi connectivity index (χ2n) is 7.35. The SMILES string of the molecule is Cc1cn2cc(NC(=O)c3cnc(N4C[C@@H]5[C@@H](N)[C@@H]5C4)cn3)nc(C)c2n1. The minimum atomic E-state index is -0.344. The lowest BCUT2D eigenvalue weighted by molar-refractivity contribution is 0.102. The van der Waals surface area contributed by atoms with E-state index >= 15 is 0 Å². The van der Waals surface area contributed by atoms with Gasteiger partial charge in [-0.1, -0.05) is 0 Å². The monoisotopic (exact) mass is 364 g/mol. The zero-order chi connectivity index (χ0) is 18.7. The highest BCUT2D eigenvalue weighted by Gasteiger charge is 2.53. The van der Waals surface area contributed by atoms with Crippen LogP contribution in [0.25, 0.3) is 5.65 Å². The average Bonchev–Trinajstić information content (AvgIpc) is 3.03. The van der Waals surface area contributed by atoms with Crippen LogP contribution in [-0.2, 0) is 0 Å². The van der Waals surface area contributed by atoms with Gasteiger partial charge in [-0.3, -0.25) is 4.79 Å². The molecule has 1 aliphatic carbocycles. The summed E-state index contributed by atoms with van der Waals surface area (Å²) < 4.78 is 1.85. The van der Waals surface area contributed by atoms with Crippen LogP contribution in [0.2, 0.25) is 0 Å². The van der Waals surface area contributed by atoms with E-state index in [0.29, 0.717) is 23.7 Å². The van der Waals surface area contributed by atoms with Crippen LogP contribution in [0.3, 0.4) is 0 Å². The summed E-state index contributed by atoms with van der Waals surface area (Å²) in [6.45, 7) is 5.61. The molecule has 9 nitrogen and oxygen atoms in total. The van der Waals surface area contributed by atoms with Crippen molar-refractivity contribution in [3.63, 3.8) is 0 Å². The fourth-order valence-electron chi connectivity index (χ4n) is 3.88. The highest BCUT2D eigenvalue weighted by atomic mass is 16.1. The molecule has 0 aromatic carbocycles. The van der Waals surface area contributed by atoms with Crippen LogP contribution in [0.15, 0.2) is 24.8 Å². The van der Waals surface area contributed by atoms with Crippen molar-refractivity contribution in [1.29, 1.82) is 0 Å². The number of piperidine rings is 1. The number of amides is 1. The first-order chi connectivity index (χ1) is 13.0. The number of nitrogens with zero attached hydrogens (tertiary/aromatic N) is 6. The van der Waals surface area contributed by atoms with E-state index in [1.807, 2.05) is 24.4 Å². The number of nitrogens with one attached hydrogen (secondary N) is 1. The van der Waals surface area contributed by atoms with Crippen molar-refractivity contribution in [3.05, 3.63) is 41.9 Å². The van der Waals surface area contributed by atoms with E-state index in [0.717, 1.165) is 35.9 Å². The van der Waals surface area contributed by atoms with Crippen molar-refractivity contribution in [2.24, 2.45) is 17.6 Å². The largest absolute Gasteiger partial charge is 0.355 e. The standard InChI is InChI=1S/C18H20N8O/c1-9-5-26-8-14(23-10(2)17(26)22-9)24-18(27)13-3-21-15(4-20-13)25-6-11-12(7-25)16(11)19/h3-5,8,11-12,16H,6-7,19H2,1-2H3,(H,24,27)/t11-,12+,16+. The van der Waals surface area contributed by atoms with E-state index in [1.54, 1.807) is 12.4 Å². The maximum atomic E-state index is 12.5. The Morgan fingerprint density at radius 3 is 2.63 bits per heavy atom. The lowest BCUT2D eigenvalue weighted by atomic mass is 10.3. The molecule has 1 aliphatic heterocycles. The van der Waals surface area contributed by atoms with Crippen molar-refractivity contribution in [1.82, 2.24) is 24.3 Å². The molecule has 2 aliphatic rings. The van der Waals surface area contributed by atoms with E-state index in [-0.39, 0.29) is 11.6 Å². The van der Waals surface area contributed by atoms with Crippen LogP contribution in [0.4, 0.5) is 11.6 Å². The van der Waals surface area contributed by atoms with Crippen molar-refractivity contribution in [2.45, 2.75) is 19.9 Å². The van der Waals surface area contributed by atoms with Crippen molar-refractivity contribution >= 4 is 23.2 Å². The Bertz CT molecular complexity index is 1030. The number of aromatic nitrogens is 5. The topological polar surface area (TPSA) is 114 Å². The van der Waals surface area contributed by atoms with Crippen LogP contribution in [-0.4, -0.2) is 49.4 Å². The van der Waals surface area contributed by atoms with Crippen molar-refractivity contribution in [2.75, 3.05) is 23.3 Å². The van der Waals surface area contributed by atoms with Crippen molar-refractivity contribution in [3.8, 4) is 0 Å². The molecule has 2 fully saturated rings. The Balaban J connectivity index is 1.31. The van der Waals surface area contributed by atoms with Gasteiger partial charge in [-0.15, -0.1) is 0 Å². The Labute approximate surface area is 155 Å². The average molecular weight is 364 g/mol. The number of anilines is 2. The summed E-state index contributed by atoms with van der Waals surface area (Å²) in [6, 6.07) is 0.340. The Kier molecular flexibility index (Phi) is 3.41. The quantitative estimate of drug-likeness (QED) is 0.706. The fraction of sp³-hybridized carbons (Fsp3) is 0.389. The third kappa shape index (κ3) is 2.71. The highest BCUT2D eigenvalue weighted by molar-refractivity contribution is 6.02. The molecule has 1 saturated heterocycles. The molecule has 3 atom stereocenters. The zero-order valence-electron chi connectivity index (χ0n) is 15.1. The summed E-state index contributed by atoms with van der Waals surface area (Å²) in [4.78, 5) is 32.1. The molecule has 3 N–H and O–H groups in total. The third-order valence-electron chi connectivity index (χ3n) is 5.42. The molecule has 0 unspecified atom stereocenters. The first-order valence-corrected chi connectivity index (χ1v) is 8.96. The summed E-state index contributed by atoms with van der Waals surface area (Å²) in [5.41, 5.74) is 8.63. The van der Waals surface area contributed by atoms with Gasteiger partial charge in [0.05, 0.1) is 30.0 Å². The molecule has 1 amide bonds. The molecule has 138 valence electrons. The van der Waals surface area contributed by atoms with Gasteiger partial charge in [0.1, 0.15) is 17.3 Å². The number of aryl methyl sites for hydroxylation is 2. The number of carbonyl (C=O) groups excluding carboxylic acids is 1. The summed E-state index contributed by atoms with van der Waals surface area (Å²) >= 11 is 0. The second-order valence-corrected chi connectivity index (χ2v) is 7.35. The number of hydrogen-bond acceptors (Lipinski definition) is 7. The molecule has 9 heteroatoms. The van der Waals surface area contributed by atoms with E-state index in [2.05, 4.69) is 30.2 Å². The molecule has 3 aromatic heterocycles. The minimum Gasteiger partial charge on any atom is -0.355 e. The maximum absolute atomic E-state index is 12.5. The number of carbonyl (C=O) groups is 1. The molecule has 0 spiro atoms. The van der Waals surface area contributed by atoms with Crippen LogP contribution >= 0.6 is 0 Å². The maximum Gasteiger partial charge on any atom is 0.277 e. The van der Waals surface area contributed by atoms with Gasteiger partial charge >= 0.3 is 0 Å². The molecule has 0 bridgehead atoms. The molecule has 1 saturated carbocycles. The van der Waals surface area contributed by atoms with E-state index < -0.39 is 0 Å². The molecule has 5 rings (SSSR count). The first kappa shape index (κ1) is 16.1. The van der Waals surface area contributed by atoms with Crippen LogP contribution in [0, 0.1) is 25.7 Å². The summed E-state index contributed by atoms with van der Waals surface area (Å²) in [5, 5.41) is 2.78. The van der Waals surface area contributed by atoms with Crippen LogP contribution < -0.4 is 16.0 Å². The zero-order valence-corrected chi connectivity index (χ0v) is 15.1. The van der Waals surface area contributed by atoms with Gasteiger partial charge in [-0.25, -0.2) is 19.9 Å². The van der Waals surface area contributed by atoms with Crippen LogP contribution in [0.5, 0.6) is 0 Å². The smallest absolute Gasteiger partial charge is 0.277 e. The van der Waals surface area contributed by atoms with Gasteiger partial charge in [0, 0.05) is 25.3 Å². The van der Waals surface area contributed by atoms with Gasteiger partial charge in [0.2, 0.25) is 0 Å². The number of rotatable bonds is 3. The Morgan fingerprint density at radius 2 is 1.93 bits per heavy atom. The molecular formula is C18H20N8O. The fourth-order valence-corrected chi connectivity index (χ4v) is 3.88. The lowest BCUT2D eigenvalue weighted by Crippen LogP contribution is -2.29. The summed E-state index contributed by atoms with van der Waals surface area (Å²) in [6.07, 6.45) is 6.77. The normalized spacial score (nSPS) is 23.5. The molecular weight excluding hydrogens is 344 g/mol. The molecule has 27 heavy (non-hydrogen) atoms. The Hall–Kier alpha value is -3.07. The number of imidazole rings is 1. The van der Waals surface area contributed by atoms with E-state index in [1.165, 1.54) is 6.20 Å². The van der Waals surface area contributed by atoms with E-state index in [9.17, 15) is 4.79 Å². The third-order valence-corrected chi connectivity index (χ3v) is 5.42. The number of hydrogen-bond donors (Lipinski definition) is 2. The van der Waals surface area contributed by atoms with Gasteiger partial charge in [0.25, 0.3) is 5.91 Å². The molecule has 4 heterocycles. The van der Waals surface area contributed by atoms with Crippen LogP contribution in [0.1, 0.15) is 21.9 Å². The van der Waals surface area contributed by atoms with Gasteiger partial charge in [-0.2, -0.15) is 0 Å².